The molecular weight excluding hydrogens is 544 g/mol. The van der Waals surface area contributed by atoms with Crippen LogP contribution in [-0.2, 0) is 6.54 Å². The van der Waals surface area contributed by atoms with Crippen molar-refractivity contribution in [3.63, 3.8) is 0 Å². The molecule has 0 fully saturated rings. The van der Waals surface area contributed by atoms with E-state index < -0.39 is 0 Å². The zero-order valence-corrected chi connectivity index (χ0v) is 26.4. The highest BCUT2D eigenvalue weighted by Gasteiger charge is 2.35. The maximum absolute atomic E-state index is 10.5. The number of benzene rings is 4. The van der Waals surface area contributed by atoms with E-state index >= 15 is 0 Å². The second-order valence-corrected chi connectivity index (χ2v) is 11.9. The van der Waals surface area contributed by atoms with Gasteiger partial charge in [0.2, 0.25) is 11.0 Å². The predicted octanol–water partition coefficient (Wildman–Crippen LogP) is 10.4. The van der Waals surface area contributed by atoms with E-state index in [0.717, 1.165) is 63.4 Å². The van der Waals surface area contributed by atoms with E-state index in [2.05, 4.69) is 58.9 Å². The van der Waals surface area contributed by atoms with Crippen molar-refractivity contribution in [1.82, 2.24) is 0 Å². The molecule has 0 bridgehead atoms. The quantitative estimate of drug-likeness (QED) is 0.0780. The van der Waals surface area contributed by atoms with E-state index in [9.17, 15) is 5.11 Å². The van der Waals surface area contributed by atoms with Gasteiger partial charge in [0.15, 0.2) is 0 Å². The van der Waals surface area contributed by atoms with Crippen LogP contribution in [0.3, 0.4) is 0 Å². The molecule has 2 heterocycles. The average molecular weight is 590 g/mol. The Bertz CT molecular complexity index is 1760. The minimum Gasteiger partial charge on any atom is -0.508 e. The molecule has 5 heteroatoms. The molecule has 4 aromatic carbocycles. The molecule has 0 saturated heterocycles. The maximum Gasteiger partial charge on any atom is 0.217 e. The van der Waals surface area contributed by atoms with Gasteiger partial charge in [-0.05, 0) is 42.8 Å². The topological polar surface area (TPSA) is 45.8 Å². The molecule has 0 spiro atoms. The summed E-state index contributed by atoms with van der Waals surface area (Å²) in [7, 11) is 3.49. The van der Waals surface area contributed by atoms with E-state index in [4.69, 9.17) is 9.47 Å². The number of aromatic hydroxyl groups is 1. The van der Waals surface area contributed by atoms with Crippen molar-refractivity contribution < 1.29 is 19.1 Å². The number of hydrogen-bond acceptors (Lipinski definition) is 4. The summed E-state index contributed by atoms with van der Waals surface area (Å²) in [6.07, 6.45) is 13.1. The molecule has 228 valence electrons. The number of pyridine rings is 1. The lowest BCUT2D eigenvalue weighted by atomic mass is 9.88. The highest BCUT2D eigenvalue weighted by atomic mass is 16.5. The van der Waals surface area contributed by atoms with Crippen molar-refractivity contribution in [2.45, 2.75) is 77.7 Å². The van der Waals surface area contributed by atoms with Crippen LogP contribution in [0.5, 0.6) is 17.2 Å². The molecule has 5 aromatic rings. The number of unbranched alkanes of at least 4 members (excludes halogenated alkanes) is 9. The third-order valence-corrected chi connectivity index (χ3v) is 9.11. The summed E-state index contributed by atoms with van der Waals surface area (Å²) in [5, 5.41) is 12.8. The van der Waals surface area contributed by atoms with Crippen molar-refractivity contribution in [3.05, 3.63) is 78.9 Å². The summed E-state index contributed by atoms with van der Waals surface area (Å²) in [6, 6.07) is 26.7. The number of rotatable bonds is 14. The molecule has 1 aromatic heterocycles. The Morgan fingerprint density at radius 3 is 1.91 bits per heavy atom. The first-order valence-electron chi connectivity index (χ1n) is 16.4. The first-order chi connectivity index (χ1) is 21.7. The van der Waals surface area contributed by atoms with Crippen molar-refractivity contribution in [1.29, 1.82) is 0 Å². The number of fused-ring (bicyclic) bond motifs is 4. The molecule has 1 aliphatic heterocycles. The Kier molecular flexibility index (Phi) is 9.20. The Labute approximate surface area is 261 Å². The maximum atomic E-state index is 10.5. The second-order valence-electron chi connectivity index (χ2n) is 11.9. The van der Waals surface area contributed by atoms with Crippen molar-refractivity contribution in [2.75, 3.05) is 19.1 Å². The average Bonchev–Trinajstić information content (AvgIpc) is 3.05. The normalized spacial score (nSPS) is 12.1. The smallest absolute Gasteiger partial charge is 0.217 e. The summed E-state index contributed by atoms with van der Waals surface area (Å²) >= 11 is 0. The number of anilines is 3. The summed E-state index contributed by atoms with van der Waals surface area (Å²) < 4.78 is 14.6. The number of aryl methyl sites for hydroxylation is 1. The fourth-order valence-electron chi connectivity index (χ4n) is 7.03. The van der Waals surface area contributed by atoms with E-state index in [-0.39, 0.29) is 5.75 Å². The molecule has 0 saturated carbocycles. The van der Waals surface area contributed by atoms with E-state index in [1.165, 1.54) is 68.8 Å². The van der Waals surface area contributed by atoms with Crippen LogP contribution in [0.2, 0.25) is 0 Å². The van der Waals surface area contributed by atoms with Gasteiger partial charge in [0.1, 0.15) is 23.8 Å². The third kappa shape index (κ3) is 5.56. The first-order valence-corrected chi connectivity index (χ1v) is 16.4. The Balaban J connectivity index is 1.46. The summed E-state index contributed by atoms with van der Waals surface area (Å²) in [6.45, 7) is 3.22. The number of phenolic OH excluding ortho intramolecular Hbond substituents is 1. The number of ether oxygens (including phenoxy) is 2. The molecule has 0 amide bonds. The Hall–Kier alpha value is -4.25. The zero-order chi connectivity index (χ0) is 30.5. The molecule has 6 rings (SSSR count). The van der Waals surface area contributed by atoms with Crippen molar-refractivity contribution >= 4 is 38.9 Å². The highest BCUT2D eigenvalue weighted by Crippen LogP contribution is 2.56. The van der Waals surface area contributed by atoms with Crippen LogP contribution in [-0.4, -0.2) is 19.3 Å². The molecule has 1 aliphatic rings. The minimum atomic E-state index is 0.237. The summed E-state index contributed by atoms with van der Waals surface area (Å²) in [5.74, 6) is 1.90. The van der Waals surface area contributed by atoms with Gasteiger partial charge < -0.3 is 19.5 Å². The van der Waals surface area contributed by atoms with E-state index in [1.807, 2.05) is 30.3 Å². The standard InChI is InChI=1S/C39H44N2O3/c1-4-5-6-7-8-9-10-11-12-13-26-40-30-20-15-22-32-36(30)39(37-31(40)21-16-24-34(37)43-2)38-33(23-17-25-35(38)44-3)41(32)28-18-14-19-29(42)27-28/h14-25,27H,4-13,26H2,1-3H3/p+1. The van der Waals surface area contributed by atoms with Gasteiger partial charge >= 0.3 is 0 Å². The van der Waals surface area contributed by atoms with Crippen molar-refractivity contribution in [2.24, 2.45) is 0 Å². The Morgan fingerprint density at radius 1 is 0.614 bits per heavy atom. The van der Waals surface area contributed by atoms with Gasteiger partial charge in [-0.1, -0.05) is 82.6 Å². The first kappa shape index (κ1) is 29.8. The van der Waals surface area contributed by atoms with Crippen molar-refractivity contribution in [3.8, 4) is 28.4 Å². The minimum absolute atomic E-state index is 0.237. The van der Waals surface area contributed by atoms with Crippen LogP contribution in [0, 0.1) is 0 Å². The lowest BCUT2D eigenvalue weighted by Crippen LogP contribution is -2.36. The highest BCUT2D eigenvalue weighted by molar-refractivity contribution is 6.21. The van der Waals surface area contributed by atoms with Gasteiger partial charge in [-0.25, -0.2) is 0 Å². The van der Waals surface area contributed by atoms with Crippen LogP contribution >= 0.6 is 0 Å². The molecule has 0 atom stereocenters. The van der Waals surface area contributed by atoms with Gasteiger partial charge in [0.05, 0.1) is 36.4 Å². The van der Waals surface area contributed by atoms with Crippen LogP contribution in [0.25, 0.3) is 32.9 Å². The van der Waals surface area contributed by atoms with Gasteiger partial charge in [0, 0.05) is 41.4 Å². The van der Waals surface area contributed by atoms with Crippen LogP contribution in [0.4, 0.5) is 17.1 Å². The van der Waals surface area contributed by atoms with Gasteiger partial charge in [-0.2, -0.15) is 4.57 Å². The van der Waals surface area contributed by atoms with Crippen LogP contribution in [0.1, 0.15) is 71.1 Å². The summed E-state index contributed by atoms with van der Waals surface area (Å²) in [5.41, 5.74) is 7.51. The molecule has 0 unspecified atom stereocenters. The Morgan fingerprint density at radius 2 is 1.20 bits per heavy atom. The third-order valence-electron chi connectivity index (χ3n) is 9.11. The number of phenols is 1. The van der Waals surface area contributed by atoms with E-state index in [1.54, 1.807) is 20.3 Å². The molecule has 0 radical (unpaired) electrons. The predicted molar refractivity (Wildman–Crippen MR) is 182 cm³/mol. The number of methoxy groups -OCH3 is 2. The second kappa shape index (κ2) is 13.6. The number of nitrogens with zero attached hydrogens (tertiary/aromatic N) is 2. The number of hydrogen-bond donors (Lipinski definition) is 1. The largest absolute Gasteiger partial charge is 0.508 e. The van der Waals surface area contributed by atoms with Crippen LogP contribution in [0.15, 0.2) is 78.9 Å². The van der Waals surface area contributed by atoms with Gasteiger partial charge in [-0.15, -0.1) is 0 Å². The molecule has 44 heavy (non-hydrogen) atoms. The SMILES string of the molecule is CCCCCCCCCCCC[n+]1c2cccc(OC)c2c2c3c(cccc31)N(c1cccc(O)c1)c1cccc(OC)c1-2. The number of aromatic nitrogens is 1. The molecular formula is C39H45N2O3+. The lowest BCUT2D eigenvalue weighted by molar-refractivity contribution is -0.645. The fourth-order valence-corrected chi connectivity index (χ4v) is 7.03. The molecule has 1 N–H and O–H groups in total. The zero-order valence-electron chi connectivity index (χ0n) is 26.4. The molecule has 0 aliphatic carbocycles. The fraction of sp³-hybridized carbons (Fsp3) is 0.359. The van der Waals surface area contributed by atoms with Gasteiger partial charge in [-0.3, -0.25) is 0 Å². The summed E-state index contributed by atoms with van der Waals surface area (Å²) in [4.78, 5) is 2.25. The monoisotopic (exact) mass is 589 g/mol. The van der Waals surface area contributed by atoms with Gasteiger partial charge in [0.25, 0.3) is 0 Å². The van der Waals surface area contributed by atoms with Crippen LogP contribution < -0.4 is 18.9 Å². The lowest BCUT2D eigenvalue weighted by Gasteiger charge is -2.34. The molecule has 5 nitrogen and oxygen atoms in total. The van der Waals surface area contributed by atoms with E-state index in [0.29, 0.717) is 0 Å².